The molecule has 4 heteroatoms. The maximum atomic E-state index is 13.6. The average molecular weight is 411 g/mol. The van der Waals surface area contributed by atoms with Crippen LogP contribution in [0.25, 0.3) is 0 Å². The summed E-state index contributed by atoms with van der Waals surface area (Å²) in [5.74, 6) is 1.90. The van der Waals surface area contributed by atoms with Gasteiger partial charge in [-0.1, -0.05) is 36.2 Å². The molecule has 0 amide bonds. The molecule has 0 N–H and O–H groups in total. The van der Waals surface area contributed by atoms with Gasteiger partial charge in [0.05, 0.1) is 17.5 Å². The molecule has 1 aliphatic heterocycles. The molecular formula is C21H31BrO3. The first-order valence-electron chi connectivity index (χ1n) is 10.3. The Bertz CT molecular complexity index is 600. The number of halogens is 1. The Hall–Kier alpha value is 0.0700. The summed E-state index contributed by atoms with van der Waals surface area (Å²) in [7, 11) is 0. The molecule has 0 radical (unpaired) electrons. The minimum atomic E-state index is -0.347. The number of carbonyl (C=O) groups is 1. The molecule has 25 heavy (non-hydrogen) atoms. The first kappa shape index (κ1) is 17.2. The molecule has 4 saturated carbocycles. The maximum Gasteiger partial charge on any atom is 0.168 e. The van der Waals surface area contributed by atoms with Crippen molar-refractivity contribution in [1.82, 2.24) is 0 Å². The van der Waals surface area contributed by atoms with E-state index >= 15 is 0 Å². The third-order valence-corrected chi connectivity index (χ3v) is 11.0. The van der Waals surface area contributed by atoms with Crippen LogP contribution in [0.2, 0.25) is 0 Å². The van der Waals surface area contributed by atoms with E-state index in [1.807, 2.05) is 0 Å². The van der Waals surface area contributed by atoms with Crippen LogP contribution in [0.1, 0.15) is 71.6 Å². The topological polar surface area (TPSA) is 35.5 Å². The Morgan fingerprint density at radius 1 is 1.00 bits per heavy atom. The number of carbonyl (C=O) groups excluding carboxylic acids is 1. The molecule has 5 rings (SSSR count). The summed E-state index contributed by atoms with van der Waals surface area (Å²) >= 11 is 4.16. The highest BCUT2D eigenvalue weighted by Gasteiger charge is 2.70. The molecule has 140 valence electrons. The first-order chi connectivity index (χ1) is 11.8. The molecule has 0 unspecified atom stereocenters. The summed E-state index contributed by atoms with van der Waals surface area (Å²) in [5, 5.41) is 0. The van der Waals surface area contributed by atoms with Crippen LogP contribution in [-0.2, 0) is 14.3 Å². The quantitative estimate of drug-likeness (QED) is 0.534. The van der Waals surface area contributed by atoms with Crippen molar-refractivity contribution < 1.29 is 14.3 Å². The number of rotatable bonds is 0. The number of ketones is 1. The Kier molecular flexibility index (Phi) is 3.66. The van der Waals surface area contributed by atoms with Gasteiger partial charge < -0.3 is 9.47 Å². The molecule has 1 heterocycles. The zero-order valence-corrected chi connectivity index (χ0v) is 17.2. The third-order valence-electron chi connectivity index (χ3n) is 9.08. The molecule has 3 nitrogen and oxygen atoms in total. The molecule has 1 saturated heterocycles. The van der Waals surface area contributed by atoms with Gasteiger partial charge in [-0.05, 0) is 60.7 Å². The monoisotopic (exact) mass is 410 g/mol. The molecule has 0 aromatic heterocycles. The maximum absolute atomic E-state index is 13.6. The van der Waals surface area contributed by atoms with E-state index < -0.39 is 0 Å². The first-order valence-corrected chi connectivity index (χ1v) is 11.1. The summed E-state index contributed by atoms with van der Waals surface area (Å²) < 4.78 is 11.7. The highest BCUT2D eigenvalue weighted by atomic mass is 79.9. The molecule has 0 aromatic carbocycles. The van der Waals surface area contributed by atoms with E-state index in [4.69, 9.17) is 9.47 Å². The fraction of sp³-hybridized carbons (Fsp3) is 0.952. The standard InChI is InChI=1S/C21H31BrO3/c1-18-7-3-4-15(18)16-6-5-14-12-20(24-10-11-25-20)9-8-19(14,2)21(16,22)17(23)13-18/h14-16H,3-13H2,1-2H3/t14-,15+,16+,18+,19+,21-/m0/s1. The minimum absolute atomic E-state index is 0.0392. The molecule has 5 aliphatic rings. The number of alkyl halides is 1. The summed E-state index contributed by atoms with van der Waals surface area (Å²) in [5.41, 5.74) is 0.299. The molecule has 0 aromatic rings. The lowest BCUT2D eigenvalue weighted by Gasteiger charge is -2.64. The lowest BCUT2D eigenvalue weighted by molar-refractivity contribution is -0.221. The Morgan fingerprint density at radius 3 is 2.52 bits per heavy atom. The van der Waals surface area contributed by atoms with E-state index in [2.05, 4.69) is 29.8 Å². The van der Waals surface area contributed by atoms with Crippen molar-refractivity contribution in [1.29, 1.82) is 0 Å². The summed E-state index contributed by atoms with van der Waals surface area (Å²) in [6.07, 6.45) is 10.0. The van der Waals surface area contributed by atoms with Gasteiger partial charge in [0.1, 0.15) is 0 Å². The predicted molar refractivity (Wildman–Crippen MR) is 99.5 cm³/mol. The van der Waals surface area contributed by atoms with Gasteiger partial charge in [0.2, 0.25) is 0 Å². The number of Topliss-reactive ketones (excluding diaryl/α,β-unsaturated/α-hetero) is 1. The van der Waals surface area contributed by atoms with E-state index in [0.717, 1.165) is 44.8 Å². The van der Waals surface area contributed by atoms with E-state index in [0.29, 0.717) is 17.6 Å². The van der Waals surface area contributed by atoms with Gasteiger partial charge in [-0.2, -0.15) is 0 Å². The van der Waals surface area contributed by atoms with E-state index in [1.54, 1.807) is 0 Å². The number of ether oxygens (including phenoxy) is 2. The third kappa shape index (κ3) is 2.08. The van der Waals surface area contributed by atoms with Crippen LogP contribution in [0, 0.1) is 28.6 Å². The highest BCUT2D eigenvalue weighted by molar-refractivity contribution is 9.10. The molecular weight excluding hydrogens is 380 g/mol. The van der Waals surface area contributed by atoms with E-state index in [-0.39, 0.29) is 20.9 Å². The molecule has 1 spiro atoms. The van der Waals surface area contributed by atoms with Gasteiger partial charge in [0, 0.05) is 19.3 Å². The summed E-state index contributed by atoms with van der Waals surface area (Å²) in [6.45, 7) is 6.24. The van der Waals surface area contributed by atoms with Crippen molar-refractivity contribution in [3.63, 3.8) is 0 Å². The van der Waals surface area contributed by atoms with Gasteiger partial charge in [-0.3, -0.25) is 4.79 Å². The summed E-state index contributed by atoms with van der Waals surface area (Å²) in [4.78, 5) is 13.6. The zero-order valence-electron chi connectivity index (χ0n) is 15.6. The lowest BCUT2D eigenvalue weighted by atomic mass is 9.44. The molecule has 6 atom stereocenters. The Balaban J connectivity index is 1.52. The predicted octanol–water partition coefficient (Wildman–Crippen LogP) is 4.86. The fourth-order valence-electron chi connectivity index (χ4n) is 7.68. The van der Waals surface area contributed by atoms with Crippen molar-refractivity contribution in [2.45, 2.75) is 81.7 Å². The second kappa shape index (κ2) is 5.32. The molecule has 0 bridgehead atoms. The SMILES string of the molecule is C[C@]12CCC[C@@H]1[C@H]1CC[C@H]3CC4(CC[C@@]3(C)[C@@]1(Br)C(=O)C2)OCCO4. The normalized spacial score (nSPS) is 54.2. The van der Waals surface area contributed by atoms with Crippen LogP contribution >= 0.6 is 15.9 Å². The van der Waals surface area contributed by atoms with E-state index in [1.165, 1.54) is 32.1 Å². The van der Waals surface area contributed by atoms with Crippen LogP contribution in [0.3, 0.4) is 0 Å². The van der Waals surface area contributed by atoms with Gasteiger partial charge in [0.15, 0.2) is 11.6 Å². The van der Waals surface area contributed by atoms with Gasteiger partial charge >= 0.3 is 0 Å². The number of hydrogen-bond donors (Lipinski definition) is 0. The Morgan fingerprint density at radius 2 is 1.76 bits per heavy atom. The summed E-state index contributed by atoms with van der Waals surface area (Å²) in [6, 6.07) is 0. The van der Waals surface area contributed by atoms with Crippen LogP contribution in [0.15, 0.2) is 0 Å². The van der Waals surface area contributed by atoms with Gasteiger partial charge in [0.25, 0.3) is 0 Å². The van der Waals surface area contributed by atoms with Crippen LogP contribution < -0.4 is 0 Å². The second-order valence-electron chi connectivity index (χ2n) is 10.1. The minimum Gasteiger partial charge on any atom is -0.348 e. The van der Waals surface area contributed by atoms with Crippen molar-refractivity contribution >= 4 is 21.7 Å². The van der Waals surface area contributed by atoms with Crippen LogP contribution in [0.5, 0.6) is 0 Å². The van der Waals surface area contributed by atoms with Crippen molar-refractivity contribution in [3.05, 3.63) is 0 Å². The van der Waals surface area contributed by atoms with Crippen molar-refractivity contribution in [3.8, 4) is 0 Å². The second-order valence-corrected chi connectivity index (χ2v) is 11.3. The molecule has 4 aliphatic carbocycles. The van der Waals surface area contributed by atoms with Crippen molar-refractivity contribution in [2.24, 2.45) is 28.6 Å². The smallest absolute Gasteiger partial charge is 0.168 e. The number of hydrogen-bond acceptors (Lipinski definition) is 3. The van der Waals surface area contributed by atoms with Crippen LogP contribution in [0.4, 0.5) is 0 Å². The lowest BCUT2D eigenvalue weighted by Crippen LogP contribution is -2.67. The van der Waals surface area contributed by atoms with Gasteiger partial charge in [-0.25, -0.2) is 0 Å². The average Bonchev–Trinajstić information content (AvgIpc) is 3.17. The van der Waals surface area contributed by atoms with Crippen LogP contribution in [-0.4, -0.2) is 29.1 Å². The van der Waals surface area contributed by atoms with Crippen molar-refractivity contribution in [2.75, 3.05) is 13.2 Å². The fourth-order valence-corrected chi connectivity index (χ4v) is 8.89. The zero-order chi connectivity index (χ0) is 17.5. The van der Waals surface area contributed by atoms with E-state index in [9.17, 15) is 4.79 Å². The van der Waals surface area contributed by atoms with Gasteiger partial charge in [-0.15, -0.1) is 0 Å². The highest BCUT2D eigenvalue weighted by Crippen LogP contribution is 2.70. The Labute approximate surface area is 159 Å². The number of fused-ring (bicyclic) bond motifs is 5. The largest absolute Gasteiger partial charge is 0.348 e. The molecule has 5 fully saturated rings.